The summed E-state index contributed by atoms with van der Waals surface area (Å²) in [7, 11) is 1.20. The number of rotatable bonds is 4. The number of nitrogens with one attached hydrogen (secondary N) is 1. The summed E-state index contributed by atoms with van der Waals surface area (Å²) in [5, 5.41) is 2.99. The number of allylic oxidation sites excluding steroid dienone is 1. The summed E-state index contributed by atoms with van der Waals surface area (Å²) in [6, 6.07) is 11.9. The first-order valence-corrected chi connectivity index (χ1v) is 9.14. The second-order valence-electron chi connectivity index (χ2n) is 6.42. The van der Waals surface area contributed by atoms with Crippen LogP contribution in [-0.4, -0.2) is 24.9 Å². The maximum Gasteiger partial charge on any atom is 0.336 e. The number of esters is 1. The van der Waals surface area contributed by atoms with Crippen molar-refractivity contribution >= 4 is 40.8 Å². The van der Waals surface area contributed by atoms with Crippen molar-refractivity contribution in [2.24, 2.45) is 5.92 Å². The van der Waals surface area contributed by atoms with E-state index in [9.17, 15) is 18.8 Å². The molecule has 1 atom stereocenters. The predicted octanol–water partition coefficient (Wildman–Crippen LogP) is 3.92. The van der Waals surface area contributed by atoms with Crippen molar-refractivity contribution < 1.29 is 23.5 Å². The molecule has 2 aromatic carbocycles. The Labute approximate surface area is 171 Å². The third-order valence-corrected chi connectivity index (χ3v) is 4.97. The fourth-order valence-corrected chi connectivity index (χ4v) is 3.44. The molecule has 0 bridgehead atoms. The molecule has 0 saturated heterocycles. The molecule has 2 aromatic rings. The van der Waals surface area contributed by atoms with Gasteiger partial charge < -0.3 is 10.1 Å². The van der Waals surface area contributed by atoms with Crippen LogP contribution in [0.1, 0.15) is 13.3 Å². The van der Waals surface area contributed by atoms with Crippen LogP contribution in [0.25, 0.3) is 0 Å². The molecule has 8 heteroatoms. The summed E-state index contributed by atoms with van der Waals surface area (Å²) >= 11 is 6.08. The van der Waals surface area contributed by atoms with Gasteiger partial charge in [0.15, 0.2) is 0 Å². The van der Waals surface area contributed by atoms with Crippen LogP contribution < -0.4 is 10.2 Å². The minimum atomic E-state index is -1.05. The van der Waals surface area contributed by atoms with E-state index >= 15 is 0 Å². The van der Waals surface area contributed by atoms with Crippen molar-refractivity contribution in [2.45, 2.75) is 13.3 Å². The van der Waals surface area contributed by atoms with Gasteiger partial charge in [0.2, 0.25) is 11.8 Å². The number of nitrogens with zero attached hydrogens (tertiary/aromatic N) is 1. The van der Waals surface area contributed by atoms with E-state index in [1.807, 2.05) is 0 Å². The molecule has 1 aliphatic heterocycles. The molecule has 6 nitrogen and oxygen atoms in total. The second-order valence-corrected chi connectivity index (χ2v) is 6.83. The van der Waals surface area contributed by atoms with Gasteiger partial charge in [-0.25, -0.2) is 9.18 Å². The normalized spacial score (nSPS) is 16.6. The van der Waals surface area contributed by atoms with Crippen LogP contribution in [0.2, 0.25) is 5.02 Å². The monoisotopic (exact) mass is 416 g/mol. The first-order valence-electron chi connectivity index (χ1n) is 8.76. The Bertz CT molecular complexity index is 1000. The number of hydrogen-bond donors (Lipinski definition) is 1. The molecule has 0 spiro atoms. The highest BCUT2D eigenvalue weighted by molar-refractivity contribution is 6.33. The zero-order valence-corrected chi connectivity index (χ0v) is 16.5. The number of benzene rings is 2. The number of methoxy groups -OCH3 is 1. The lowest BCUT2D eigenvalue weighted by atomic mass is 9.88. The van der Waals surface area contributed by atoms with E-state index in [1.54, 1.807) is 31.2 Å². The molecule has 0 aliphatic carbocycles. The van der Waals surface area contributed by atoms with E-state index < -0.39 is 29.5 Å². The van der Waals surface area contributed by atoms with Gasteiger partial charge in [0.25, 0.3) is 0 Å². The molecule has 0 unspecified atom stereocenters. The maximum absolute atomic E-state index is 13.3. The van der Waals surface area contributed by atoms with Crippen LogP contribution in [0.4, 0.5) is 15.8 Å². The zero-order valence-electron chi connectivity index (χ0n) is 15.7. The van der Waals surface area contributed by atoms with Crippen LogP contribution in [0, 0.1) is 11.7 Å². The lowest BCUT2D eigenvalue weighted by Gasteiger charge is -2.33. The Balaban J connectivity index is 2.01. The summed E-state index contributed by atoms with van der Waals surface area (Å²) in [5.41, 5.74) is 1.06. The highest BCUT2D eigenvalue weighted by atomic mass is 35.5. The lowest BCUT2D eigenvalue weighted by molar-refractivity contribution is -0.138. The largest absolute Gasteiger partial charge is 0.466 e. The molecule has 1 aliphatic rings. The number of amides is 2. The van der Waals surface area contributed by atoms with Crippen molar-refractivity contribution in [1.82, 2.24) is 0 Å². The molecule has 2 amide bonds. The fraction of sp³-hybridized carbons (Fsp3) is 0.190. The molecule has 0 aromatic heterocycles. The number of para-hydroxylation sites is 1. The van der Waals surface area contributed by atoms with E-state index in [4.69, 9.17) is 16.3 Å². The van der Waals surface area contributed by atoms with Gasteiger partial charge in [0, 0.05) is 17.8 Å². The minimum Gasteiger partial charge on any atom is -0.466 e. The Morgan fingerprint density at radius 1 is 1.17 bits per heavy atom. The van der Waals surface area contributed by atoms with Gasteiger partial charge in [-0.05, 0) is 43.3 Å². The second kappa shape index (κ2) is 8.45. The Morgan fingerprint density at radius 2 is 1.83 bits per heavy atom. The van der Waals surface area contributed by atoms with Crippen LogP contribution in [0.15, 0.2) is 59.8 Å². The molecule has 1 heterocycles. The molecular formula is C21H18ClFN2O4. The number of carbonyl (C=O) groups excluding carboxylic acids is 3. The van der Waals surface area contributed by atoms with Gasteiger partial charge in [-0.1, -0.05) is 23.7 Å². The summed E-state index contributed by atoms with van der Waals surface area (Å²) in [5.74, 6) is -3.18. The van der Waals surface area contributed by atoms with Gasteiger partial charge in [-0.15, -0.1) is 0 Å². The number of carbonyl (C=O) groups is 3. The van der Waals surface area contributed by atoms with Crippen molar-refractivity contribution in [2.75, 3.05) is 17.3 Å². The molecule has 29 heavy (non-hydrogen) atoms. The van der Waals surface area contributed by atoms with E-state index in [1.165, 1.54) is 36.3 Å². The third kappa shape index (κ3) is 4.14. The quantitative estimate of drug-likeness (QED) is 0.766. The Hall–Kier alpha value is -3.19. The number of ether oxygens (including phenoxy) is 1. The molecule has 1 N–H and O–H groups in total. The van der Waals surface area contributed by atoms with Crippen molar-refractivity contribution in [3.63, 3.8) is 0 Å². The topological polar surface area (TPSA) is 75.7 Å². The molecule has 0 fully saturated rings. The van der Waals surface area contributed by atoms with Crippen LogP contribution in [0.5, 0.6) is 0 Å². The van der Waals surface area contributed by atoms with Gasteiger partial charge in [0.1, 0.15) is 5.82 Å². The number of anilines is 2. The Morgan fingerprint density at radius 3 is 2.45 bits per heavy atom. The minimum absolute atomic E-state index is 0.0565. The average molecular weight is 417 g/mol. The first-order chi connectivity index (χ1) is 13.8. The van der Waals surface area contributed by atoms with E-state index in [0.717, 1.165) is 0 Å². The lowest BCUT2D eigenvalue weighted by Crippen LogP contribution is -2.43. The van der Waals surface area contributed by atoms with Crippen molar-refractivity contribution in [3.05, 3.63) is 70.6 Å². The number of hydrogen-bond acceptors (Lipinski definition) is 4. The summed E-state index contributed by atoms with van der Waals surface area (Å²) in [4.78, 5) is 39.5. The summed E-state index contributed by atoms with van der Waals surface area (Å²) in [6.07, 6.45) is -0.255. The average Bonchev–Trinajstić information content (AvgIpc) is 2.70. The van der Waals surface area contributed by atoms with E-state index in [-0.39, 0.29) is 17.7 Å². The van der Waals surface area contributed by atoms with Crippen LogP contribution >= 0.6 is 11.6 Å². The van der Waals surface area contributed by atoms with Gasteiger partial charge >= 0.3 is 5.97 Å². The summed E-state index contributed by atoms with van der Waals surface area (Å²) < 4.78 is 18.1. The third-order valence-electron chi connectivity index (χ3n) is 4.64. The molecule has 0 saturated carbocycles. The summed E-state index contributed by atoms with van der Waals surface area (Å²) in [6.45, 7) is 1.54. The van der Waals surface area contributed by atoms with E-state index in [0.29, 0.717) is 16.4 Å². The van der Waals surface area contributed by atoms with Gasteiger partial charge in [-0.2, -0.15) is 0 Å². The molecule has 3 rings (SSSR count). The fourth-order valence-electron chi connectivity index (χ4n) is 3.26. The SMILES string of the molecule is COC(=O)C1=C(C)N(c2ccc(F)cc2)C(=O)C[C@H]1C(=O)Nc1ccccc1Cl. The Kier molecular flexibility index (Phi) is 5.98. The van der Waals surface area contributed by atoms with Crippen molar-refractivity contribution in [1.29, 1.82) is 0 Å². The van der Waals surface area contributed by atoms with Crippen LogP contribution in [-0.2, 0) is 19.1 Å². The first kappa shape index (κ1) is 20.5. The highest BCUT2D eigenvalue weighted by Crippen LogP contribution is 2.34. The van der Waals surface area contributed by atoms with E-state index in [2.05, 4.69) is 5.32 Å². The molecular weight excluding hydrogens is 399 g/mol. The van der Waals surface area contributed by atoms with Gasteiger partial charge in [0.05, 0.1) is 29.3 Å². The zero-order chi connectivity index (χ0) is 21.1. The predicted molar refractivity (Wildman–Crippen MR) is 107 cm³/mol. The maximum atomic E-state index is 13.3. The number of halogens is 2. The smallest absolute Gasteiger partial charge is 0.336 e. The van der Waals surface area contributed by atoms with Crippen molar-refractivity contribution in [3.8, 4) is 0 Å². The molecule has 0 radical (unpaired) electrons. The highest BCUT2D eigenvalue weighted by Gasteiger charge is 2.40. The standard InChI is InChI=1S/C21H18ClFN2O4/c1-12-19(21(28)29-2)15(20(27)24-17-6-4-3-5-16(17)22)11-18(26)25(12)14-9-7-13(23)8-10-14/h3-10,15H,11H2,1-2H3,(H,24,27)/t15-/m1/s1. The van der Waals surface area contributed by atoms with Crippen LogP contribution in [0.3, 0.4) is 0 Å². The van der Waals surface area contributed by atoms with Gasteiger partial charge in [-0.3, -0.25) is 14.5 Å². The molecule has 150 valence electrons.